The quantitative estimate of drug-likeness (QED) is 0.335. The molecule has 37 heavy (non-hydrogen) atoms. The lowest BCUT2D eigenvalue weighted by Crippen LogP contribution is -2.45. The molecule has 1 atom stereocenters. The van der Waals surface area contributed by atoms with Crippen LogP contribution in [-0.2, 0) is 10.2 Å². The van der Waals surface area contributed by atoms with Crippen LogP contribution < -0.4 is 0 Å². The average molecular weight is 521 g/mol. The fourth-order valence-corrected chi connectivity index (χ4v) is 7.45. The molecule has 0 N–H and O–H groups in total. The summed E-state index contributed by atoms with van der Waals surface area (Å²) in [5.74, 6) is -1.79. The van der Waals surface area contributed by atoms with Crippen LogP contribution in [0.1, 0.15) is 48.4 Å². The van der Waals surface area contributed by atoms with Crippen LogP contribution in [0.2, 0.25) is 0 Å². The Morgan fingerprint density at radius 3 is 2.19 bits per heavy atom. The SMILES string of the molecule is O=C1OC[C@H](c2ccc(F)c(F)c2)N1CCCCN1CCC2(CC1)c1ccccc1Sc1ccccc12. The van der Waals surface area contributed by atoms with Crippen molar-refractivity contribution in [3.8, 4) is 0 Å². The van der Waals surface area contributed by atoms with Gasteiger partial charge < -0.3 is 9.64 Å². The van der Waals surface area contributed by atoms with Crippen LogP contribution in [-0.4, -0.2) is 48.7 Å². The van der Waals surface area contributed by atoms with Crippen molar-refractivity contribution in [3.05, 3.63) is 95.1 Å². The molecule has 7 heteroatoms. The average Bonchev–Trinajstić information content (AvgIpc) is 3.29. The Labute approximate surface area is 220 Å². The van der Waals surface area contributed by atoms with Crippen molar-refractivity contribution in [2.24, 2.45) is 0 Å². The molecule has 0 bridgehead atoms. The van der Waals surface area contributed by atoms with Gasteiger partial charge in [0.1, 0.15) is 6.61 Å². The second-order valence-electron chi connectivity index (χ2n) is 10.2. The van der Waals surface area contributed by atoms with E-state index in [2.05, 4.69) is 53.4 Å². The first-order valence-electron chi connectivity index (χ1n) is 13.0. The summed E-state index contributed by atoms with van der Waals surface area (Å²) in [7, 11) is 0. The number of rotatable bonds is 6. The number of fused-ring (bicyclic) bond motifs is 4. The van der Waals surface area contributed by atoms with E-state index < -0.39 is 11.6 Å². The van der Waals surface area contributed by atoms with E-state index in [1.165, 1.54) is 33.1 Å². The lowest BCUT2D eigenvalue weighted by Gasteiger charge is -2.46. The van der Waals surface area contributed by atoms with E-state index in [9.17, 15) is 13.6 Å². The van der Waals surface area contributed by atoms with Crippen molar-refractivity contribution in [2.45, 2.75) is 46.9 Å². The molecule has 0 saturated carbocycles. The van der Waals surface area contributed by atoms with Crippen molar-refractivity contribution >= 4 is 17.9 Å². The molecule has 0 unspecified atom stereocenters. The second kappa shape index (κ2) is 10.1. The van der Waals surface area contributed by atoms with Crippen LogP contribution in [0.5, 0.6) is 0 Å². The van der Waals surface area contributed by atoms with E-state index in [0.29, 0.717) is 12.1 Å². The number of hydrogen-bond donors (Lipinski definition) is 0. The molecule has 0 aromatic heterocycles. The molecule has 2 saturated heterocycles. The molecule has 1 amide bonds. The Hall–Kier alpha value is -2.90. The number of likely N-dealkylation sites (tertiary alicyclic amines) is 1. The van der Waals surface area contributed by atoms with Gasteiger partial charge in [0.05, 0.1) is 6.04 Å². The maximum atomic E-state index is 13.7. The molecule has 3 aromatic rings. The molecule has 4 nitrogen and oxygen atoms in total. The topological polar surface area (TPSA) is 32.8 Å². The highest BCUT2D eigenvalue weighted by Crippen LogP contribution is 2.53. The fraction of sp³-hybridized carbons (Fsp3) is 0.367. The molecule has 1 spiro atoms. The first-order valence-corrected chi connectivity index (χ1v) is 13.8. The van der Waals surface area contributed by atoms with E-state index in [1.807, 2.05) is 11.8 Å². The third-order valence-corrected chi connectivity index (χ3v) is 9.31. The molecule has 2 fully saturated rings. The van der Waals surface area contributed by atoms with E-state index in [4.69, 9.17) is 4.74 Å². The Morgan fingerprint density at radius 2 is 1.51 bits per heavy atom. The van der Waals surface area contributed by atoms with E-state index in [0.717, 1.165) is 51.4 Å². The number of carbonyl (C=O) groups excluding carboxylic acids is 1. The molecular formula is C30H30F2N2O2S. The summed E-state index contributed by atoms with van der Waals surface area (Å²) in [6.07, 6.45) is 3.60. The third kappa shape index (κ3) is 4.53. The van der Waals surface area contributed by atoms with Crippen LogP contribution in [0, 0.1) is 11.6 Å². The molecular weight excluding hydrogens is 490 g/mol. The predicted molar refractivity (Wildman–Crippen MR) is 140 cm³/mol. The molecule has 3 aromatic carbocycles. The second-order valence-corrected chi connectivity index (χ2v) is 11.3. The lowest BCUT2D eigenvalue weighted by atomic mass is 9.67. The largest absolute Gasteiger partial charge is 0.447 e. The highest BCUT2D eigenvalue weighted by molar-refractivity contribution is 7.99. The number of ether oxygens (including phenoxy) is 1. The van der Waals surface area contributed by atoms with Gasteiger partial charge in [-0.15, -0.1) is 0 Å². The van der Waals surface area contributed by atoms with Gasteiger partial charge in [0.15, 0.2) is 11.6 Å². The molecule has 6 rings (SSSR count). The number of amides is 1. The maximum absolute atomic E-state index is 13.7. The van der Waals surface area contributed by atoms with Crippen LogP contribution in [0.3, 0.4) is 0 Å². The van der Waals surface area contributed by atoms with Gasteiger partial charge in [-0.2, -0.15) is 0 Å². The van der Waals surface area contributed by atoms with Crippen molar-refractivity contribution < 1.29 is 18.3 Å². The Bertz CT molecular complexity index is 1260. The smallest absolute Gasteiger partial charge is 0.410 e. The van der Waals surface area contributed by atoms with Crippen molar-refractivity contribution in [3.63, 3.8) is 0 Å². The first kappa shape index (κ1) is 24.4. The minimum Gasteiger partial charge on any atom is -0.447 e. The van der Waals surface area contributed by atoms with Gasteiger partial charge in [-0.3, -0.25) is 4.90 Å². The summed E-state index contributed by atoms with van der Waals surface area (Å²) < 4.78 is 32.3. The summed E-state index contributed by atoms with van der Waals surface area (Å²) >= 11 is 1.88. The third-order valence-electron chi connectivity index (χ3n) is 8.16. The maximum Gasteiger partial charge on any atom is 0.410 e. The van der Waals surface area contributed by atoms with Crippen LogP contribution in [0.15, 0.2) is 76.5 Å². The van der Waals surface area contributed by atoms with Gasteiger partial charge in [-0.05, 0) is 86.3 Å². The summed E-state index contributed by atoms with van der Waals surface area (Å²) in [5, 5.41) is 0. The first-order chi connectivity index (χ1) is 18.0. The Kier molecular flexibility index (Phi) is 6.67. The molecule has 0 radical (unpaired) electrons. The van der Waals surface area contributed by atoms with Crippen molar-refractivity contribution in [1.29, 1.82) is 0 Å². The number of halogens is 2. The standard InChI is InChI=1S/C30H30F2N2O2S/c31-24-12-11-21(19-25(24)32)26-20-36-29(35)34(26)16-6-5-15-33-17-13-30(14-18-33)22-7-1-3-9-27(22)37-28-10-4-2-8-23(28)30/h1-4,7-12,19,26H,5-6,13-18,20H2/t26-/m1/s1. The number of cyclic esters (lactones) is 1. The Balaban J connectivity index is 1.06. The van der Waals surface area contributed by atoms with Gasteiger partial charge in [0, 0.05) is 21.8 Å². The van der Waals surface area contributed by atoms with Gasteiger partial charge in [-0.1, -0.05) is 54.2 Å². The molecule has 192 valence electrons. The van der Waals surface area contributed by atoms with E-state index >= 15 is 0 Å². The zero-order valence-corrected chi connectivity index (χ0v) is 21.5. The van der Waals surface area contributed by atoms with Crippen molar-refractivity contribution in [1.82, 2.24) is 9.80 Å². The highest BCUT2D eigenvalue weighted by atomic mass is 32.2. The van der Waals surface area contributed by atoms with Gasteiger partial charge in [-0.25, -0.2) is 13.6 Å². The number of piperidine rings is 1. The normalized spacial score (nSPS) is 20.5. The zero-order valence-electron chi connectivity index (χ0n) is 20.7. The molecule has 3 aliphatic rings. The number of unbranched alkanes of at least 4 members (excludes halogenated alkanes) is 1. The highest BCUT2D eigenvalue weighted by Gasteiger charge is 2.43. The van der Waals surface area contributed by atoms with Gasteiger partial charge in [0.2, 0.25) is 0 Å². The van der Waals surface area contributed by atoms with Gasteiger partial charge >= 0.3 is 6.09 Å². The molecule has 3 heterocycles. The number of benzene rings is 3. The van der Waals surface area contributed by atoms with Crippen molar-refractivity contribution in [2.75, 3.05) is 32.8 Å². The van der Waals surface area contributed by atoms with Gasteiger partial charge in [0.25, 0.3) is 0 Å². The number of nitrogens with zero attached hydrogens (tertiary/aromatic N) is 2. The summed E-state index contributed by atoms with van der Waals surface area (Å²) in [6, 6.07) is 21.2. The van der Waals surface area contributed by atoms with Crippen LogP contribution >= 0.6 is 11.8 Å². The Morgan fingerprint density at radius 1 is 0.865 bits per heavy atom. The lowest BCUT2D eigenvalue weighted by molar-refractivity contribution is 0.154. The minimum absolute atomic E-state index is 0.0753. The summed E-state index contributed by atoms with van der Waals surface area (Å²) in [6.45, 7) is 3.76. The monoisotopic (exact) mass is 520 g/mol. The summed E-state index contributed by atoms with van der Waals surface area (Å²) in [5.41, 5.74) is 3.58. The summed E-state index contributed by atoms with van der Waals surface area (Å²) in [4.78, 5) is 19.2. The predicted octanol–water partition coefficient (Wildman–Crippen LogP) is 6.79. The van der Waals surface area contributed by atoms with Crippen LogP contribution in [0.25, 0.3) is 0 Å². The van der Waals surface area contributed by atoms with E-state index in [-0.39, 0.29) is 24.2 Å². The number of hydrogen-bond acceptors (Lipinski definition) is 4. The van der Waals surface area contributed by atoms with E-state index in [1.54, 1.807) is 4.90 Å². The van der Waals surface area contributed by atoms with Crippen LogP contribution in [0.4, 0.5) is 13.6 Å². The number of carbonyl (C=O) groups is 1. The molecule has 3 aliphatic heterocycles. The molecule has 0 aliphatic carbocycles. The fourth-order valence-electron chi connectivity index (χ4n) is 6.17. The minimum atomic E-state index is -0.901. The zero-order chi connectivity index (χ0) is 25.4.